The number of carbonyl (C=O) groups is 2. The Morgan fingerprint density at radius 2 is 2.08 bits per heavy atom. The summed E-state index contributed by atoms with van der Waals surface area (Å²) in [7, 11) is 0. The van der Waals surface area contributed by atoms with Crippen LogP contribution in [0.25, 0.3) is 22.8 Å². The van der Waals surface area contributed by atoms with Crippen molar-refractivity contribution in [3.8, 4) is 34.7 Å². The molecule has 9 heteroatoms. The van der Waals surface area contributed by atoms with Gasteiger partial charge in [-0.05, 0) is 62.4 Å². The normalized spacial score (nSPS) is 18.3. The number of hydrogen-bond donors (Lipinski definition) is 1. The summed E-state index contributed by atoms with van der Waals surface area (Å²) in [6, 6.07) is 13.5. The highest BCUT2D eigenvalue weighted by molar-refractivity contribution is 5.81. The summed E-state index contributed by atoms with van der Waals surface area (Å²) in [5, 5.41) is 22.7. The van der Waals surface area contributed by atoms with E-state index in [0.717, 1.165) is 30.4 Å². The van der Waals surface area contributed by atoms with Crippen molar-refractivity contribution in [2.45, 2.75) is 57.5 Å². The molecule has 0 radical (unpaired) electrons. The second-order valence-corrected chi connectivity index (χ2v) is 9.98. The van der Waals surface area contributed by atoms with Gasteiger partial charge in [-0.25, -0.2) is 0 Å². The molecule has 1 unspecified atom stereocenters. The van der Waals surface area contributed by atoms with Crippen LogP contribution in [-0.4, -0.2) is 51.2 Å². The number of aliphatic carboxylic acids is 1. The summed E-state index contributed by atoms with van der Waals surface area (Å²) in [6.45, 7) is 5.04. The minimum absolute atomic E-state index is 0.0298. The van der Waals surface area contributed by atoms with E-state index >= 15 is 0 Å². The van der Waals surface area contributed by atoms with Crippen LogP contribution in [0.1, 0.15) is 56.2 Å². The van der Waals surface area contributed by atoms with Crippen molar-refractivity contribution in [2.75, 3.05) is 13.1 Å². The highest BCUT2D eigenvalue weighted by Gasteiger charge is 2.46. The molecule has 9 nitrogen and oxygen atoms in total. The van der Waals surface area contributed by atoms with E-state index in [0.29, 0.717) is 41.7 Å². The topological polar surface area (TPSA) is 130 Å². The molecule has 1 atom stereocenters. The van der Waals surface area contributed by atoms with E-state index < -0.39 is 5.97 Å². The molecule has 37 heavy (non-hydrogen) atoms. The smallest absolute Gasteiger partial charge is 0.303 e. The van der Waals surface area contributed by atoms with Crippen molar-refractivity contribution in [1.29, 1.82) is 5.26 Å². The third-order valence-electron chi connectivity index (χ3n) is 7.24. The van der Waals surface area contributed by atoms with E-state index in [-0.39, 0.29) is 30.3 Å². The van der Waals surface area contributed by atoms with E-state index in [1.807, 2.05) is 26.0 Å². The number of hydrogen-bond acceptors (Lipinski definition) is 7. The van der Waals surface area contributed by atoms with E-state index in [1.54, 1.807) is 23.1 Å². The lowest BCUT2D eigenvalue weighted by Gasteiger charge is -2.25. The minimum Gasteiger partial charge on any atom is -0.490 e. The van der Waals surface area contributed by atoms with Crippen LogP contribution in [0.5, 0.6) is 5.75 Å². The summed E-state index contributed by atoms with van der Waals surface area (Å²) in [5.41, 5.74) is 4.17. The first-order valence-electron chi connectivity index (χ1n) is 12.5. The summed E-state index contributed by atoms with van der Waals surface area (Å²) >= 11 is 0. The van der Waals surface area contributed by atoms with Crippen LogP contribution in [0.4, 0.5) is 0 Å². The number of ether oxygens (including phenoxy) is 1. The predicted molar refractivity (Wildman–Crippen MR) is 134 cm³/mol. The van der Waals surface area contributed by atoms with E-state index in [9.17, 15) is 14.9 Å². The number of benzene rings is 2. The molecule has 0 saturated carbocycles. The van der Waals surface area contributed by atoms with Gasteiger partial charge in [0.25, 0.3) is 5.89 Å². The quantitative estimate of drug-likeness (QED) is 0.507. The van der Waals surface area contributed by atoms with Crippen LogP contribution in [0.2, 0.25) is 0 Å². The van der Waals surface area contributed by atoms with Gasteiger partial charge in [-0.2, -0.15) is 10.2 Å². The van der Waals surface area contributed by atoms with Crippen LogP contribution >= 0.6 is 0 Å². The molecule has 2 heterocycles. The molecule has 1 saturated heterocycles. The molecule has 2 aliphatic rings. The Hall–Kier alpha value is -4.19. The highest BCUT2D eigenvalue weighted by atomic mass is 16.5. The zero-order valence-corrected chi connectivity index (χ0v) is 20.9. The number of rotatable bonds is 7. The third kappa shape index (κ3) is 4.67. The Bertz CT molecular complexity index is 1410. The number of nitrogens with zero attached hydrogens (tertiary/aromatic N) is 4. The minimum atomic E-state index is -0.957. The standard InChI is InChI=1S/C28H28N4O5/c1-17(2)36-23-7-6-18(14-19(23)15-29)27-30-26(31-37-27)21-4-3-5-22-20(21)10-11-28(22)12-13-32(16-28)24(33)8-9-25(34)35/h3-7,14,17H,8-13,16H2,1-2H3,(H,34,35). The maximum absolute atomic E-state index is 12.5. The number of carbonyl (C=O) groups excluding carboxylic acids is 1. The molecule has 1 amide bonds. The van der Waals surface area contributed by atoms with Crippen molar-refractivity contribution in [3.05, 3.63) is 53.1 Å². The number of likely N-dealkylation sites (tertiary alicyclic amines) is 1. The van der Waals surface area contributed by atoms with Gasteiger partial charge in [0.05, 0.1) is 18.1 Å². The summed E-state index contributed by atoms with van der Waals surface area (Å²) in [6.07, 6.45) is 2.43. The van der Waals surface area contributed by atoms with Crippen LogP contribution in [0.3, 0.4) is 0 Å². The Balaban J connectivity index is 1.39. The van der Waals surface area contributed by atoms with E-state index in [4.69, 9.17) is 14.4 Å². The molecule has 1 N–H and O–H groups in total. The monoisotopic (exact) mass is 500 g/mol. The fraction of sp³-hybridized carbons (Fsp3) is 0.393. The first-order chi connectivity index (χ1) is 17.8. The predicted octanol–water partition coefficient (Wildman–Crippen LogP) is 4.34. The van der Waals surface area contributed by atoms with Crippen LogP contribution in [0.15, 0.2) is 40.9 Å². The molecule has 0 bridgehead atoms. The molecule has 1 spiro atoms. The van der Waals surface area contributed by atoms with Gasteiger partial charge < -0.3 is 19.3 Å². The fourth-order valence-electron chi connectivity index (χ4n) is 5.50. The maximum atomic E-state index is 12.5. The number of fused-ring (bicyclic) bond motifs is 2. The van der Waals surface area contributed by atoms with Crippen molar-refractivity contribution in [2.24, 2.45) is 0 Å². The molecule has 1 aliphatic heterocycles. The second-order valence-electron chi connectivity index (χ2n) is 9.98. The molecule has 1 aliphatic carbocycles. The first kappa shape index (κ1) is 24.5. The molecule has 190 valence electrons. The lowest BCUT2D eigenvalue weighted by molar-refractivity contribution is -0.140. The molecular weight excluding hydrogens is 472 g/mol. The van der Waals surface area contributed by atoms with E-state index in [2.05, 4.69) is 22.3 Å². The van der Waals surface area contributed by atoms with Gasteiger partial charge in [0.1, 0.15) is 11.8 Å². The zero-order valence-electron chi connectivity index (χ0n) is 20.9. The van der Waals surface area contributed by atoms with Gasteiger partial charge in [0.15, 0.2) is 0 Å². The highest BCUT2D eigenvalue weighted by Crippen LogP contribution is 2.48. The van der Waals surface area contributed by atoms with Crippen LogP contribution < -0.4 is 4.74 Å². The van der Waals surface area contributed by atoms with Gasteiger partial charge in [-0.3, -0.25) is 9.59 Å². The van der Waals surface area contributed by atoms with Crippen LogP contribution in [0, 0.1) is 11.3 Å². The molecular formula is C28H28N4O5. The molecule has 1 aromatic heterocycles. The van der Waals surface area contributed by atoms with Crippen molar-refractivity contribution < 1.29 is 24.0 Å². The molecule has 3 aromatic rings. The number of amides is 1. The molecule has 2 aromatic carbocycles. The zero-order chi connectivity index (χ0) is 26.2. The Morgan fingerprint density at radius 1 is 1.24 bits per heavy atom. The summed E-state index contributed by atoms with van der Waals surface area (Å²) in [5.74, 6) is 0.259. The maximum Gasteiger partial charge on any atom is 0.303 e. The summed E-state index contributed by atoms with van der Waals surface area (Å²) < 4.78 is 11.3. The van der Waals surface area contributed by atoms with Crippen molar-refractivity contribution in [1.82, 2.24) is 15.0 Å². The van der Waals surface area contributed by atoms with Gasteiger partial charge in [-0.15, -0.1) is 0 Å². The van der Waals surface area contributed by atoms with Crippen molar-refractivity contribution >= 4 is 11.9 Å². The average molecular weight is 501 g/mol. The second kappa shape index (κ2) is 9.69. The molecule has 1 fully saturated rings. The number of nitriles is 1. The first-order valence-corrected chi connectivity index (χ1v) is 12.5. The Labute approximate surface area is 214 Å². The van der Waals surface area contributed by atoms with E-state index in [1.165, 1.54) is 5.56 Å². The Morgan fingerprint density at radius 3 is 2.84 bits per heavy atom. The number of carboxylic acid groups (broad SMARTS) is 1. The fourth-order valence-corrected chi connectivity index (χ4v) is 5.50. The lowest BCUT2D eigenvalue weighted by Crippen LogP contribution is -2.33. The van der Waals surface area contributed by atoms with Gasteiger partial charge in [0, 0.05) is 36.1 Å². The average Bonchev–Trinajstić information content (AvgIpc) is 3.62. The number of aromatic nitrogens is 2. The largest absolute Gasteiger partial charge is 0.490 e. The third-order valence-corrected chi connectivity index (χ3v) is 7.24. The van der Waals surface area contributed by atoms with Gasteiger partial charge in [-0.1, -0.05) is 23.4 Å². The number of carboxylic acids is 1. The summed E-state index contributed by atoms with van der Waals surface area (Å²) in [4.78, 5) is 29.9. The molecule has 5 rings (SSSR count). The SMILES string of the molecule is CC(C)Oc1ccc(-c2nc(-c3cccc4c3CCC43CCN(C(=O)CCC(=O)O)C3)no2)cc1C#N. The lowest BCUT2D eigenvalue weighted by atomic mass is 9.81. The Kier molecular flexibility index (Phi) is 6.42. The van der Waals surface area contributed by atoms with Crippen LogP contribution in [-0.2, 0) is 21.4 Å². The van der Waals surface area contributed by atoms with Gasteiger partial charge in [0.2, 0.25) is 11.7 Å². The van der Waals surface area contributed by atoms with Gasteiger partial charge >= 0.3 is 5.97 Å². The van der Waals surface area contributed by atoms with Crippen molar-refractivity contribution in [3.63, 3.8) is 0 Å².